The van der Waals surface area contributed by atoms with Crippen molar-refractivity contribution in [3.63, 3.8) is 0 Å². The van der Waals surface area contributed by atoms with Gasteiger partial charge in [0.25, 0.3) is 0 Å². The second-order valence-electron chi connectivity index (χ2n) is 10.2. The number of carbonyl (C=O) groups is 2. The number of guanidine groups is 1. The zero-order valence-corrected chi connectivity index (χ0v) is 21.4. The molecule has 37 heavy (non-hydrogen) atoms. The quantitative estimate of drug-likeness (QED) is 0.512. The number of benzene rings is 1. The SMILES string of the molecule is CCC1(CC)CC(=O)N([C@H](CCOC)[C@@H]2C[C@H]2C(=O)N[C@H]2C[C@H](C(F)(F)F)Oc3ccccc32)C(N)=N1. The molecule has 11 heteroatoms. The Hall–Kier alpha value is -2.82. The third kappa shape index (κ3) is 5.56. The number of alkyl halides is 3. The Kier molecular flexibility index (Phi) is 7.73. The van der Waals surface area contributed by atoms with Gasteiger partial charge in [-0.3, -0.25) is 14.5 Å². The third-order valence-electron chi connectivity index (χ3n) is 7.98. The molecule has 1 saturated carbocycles. The van der Waals surface area contributed by atoms with Crippen LogP contribution in [-0.4, -0.2) is 60.3 Å². The summed E-state index contributed by atoms with van der Waals surface area (Å²) in [6.45, 7) is 4.31. The van der Waals surface area contributed by atoms with Crippen LogP contribution in [0.15, 0.2) is 29.3 Å². The molecule has 1 aliphatic carbocycles. The molecule has 8 nitrogen and oxygen atoms in total. The van der Waals surface area contributed by atoms with Crippen molar-refractivity contribution < 1.29 is 32.2 Å². The van der Waals surface area contributed by atoms with Crippen molar-refractivity contribution in [3.8, 4) is 5.75 Å². The highest BCUT2D eigenvalue weighted by molar-refractivity contribution is 5.99. The molecule has 5 atom stereocenters. The molecule has 4 rings (SSSR count). The number of methoxy groups -OCH3 is 1. The number of fused-ring (bicyclic) bond motifs is 1. The maximum atomic E-state index is 13.5. The standard InChI is InChI=1S/C26H35F3N4O4/c1-4-25(5-2)14-22(34)33(24(30)32-25)19(10-11-36-3)16-12-17(16)23(35)31-18-13-21(26(27,28)29)37-20-9-7-6-8-15(18)20/h6-9,16-19,21H,4-5,10-14H2,1-3H3,(H2,30,32)(H,31,35)/t16-,17-,18+,19-,21-/m1/s1. The maximum absolute atomic E-state index is 13.5. The van der Waals surface area contributed by atoms with Crippen molar-refractivity contribution in [2.24, 2.45) is 22.6 Å². The normalized spacial score (nSPS) is 27.6. The Bertz CT molecular complexity index is 1040. The number of para-hydroxylation sites is 1. The molecule has 204 valence electrons. The summed E-state index contributed by atoms with van der Waals surface area (Å²) in [6.07, 6.45) is -4.38. The van der Waals surface area contributed by atoms with Crippen LogP contribution in [-0.2, 0) is 14.3 Å². The molecule has 3 aliphatic rings. The molecule has 1 aromatic rings. The molecule has 2 aliphatic heterocycles. The number of aliphatic imine (C=N–C) groups is 1. The smallest absolute Gasteiger partial charge is 0.425 e. The summed E-state index contributed by atoms with van der Waals surface area (Å²) in [7, 11) is 1.56. The van der Waals surface area contributed by atoms with Crippen LogP contribution >= 0.6 is 0 Å². The molecule has 0 unspecified atom stereocenters. The molecule has 0 bridgehead atoms. The maximum Gasteiger partial charge on any atom is 0.425 e. The van der Waals surface area contributed by atoms with Gasteiger partial charge in [0.05, 0.1) is 18.0 Å². The molecule has 0 saturated heterocycles. The highest BCUT2D eigenvalue weighted by Gasteiger charge is 2.53. The summed E-state index contributed by atoms with van der Waals surface area (Å²) >= 11 is 0. The first-order valence-corrected chi connectivity index (χ1v) is 12.8. The van der Waals surface area contributed by atoms with E-state index in [9.17, 15) is 22.8 Å². The van der Waals surface area contributed by atoms with E-state index >= 15 is 0 Å². The van der Waals surface area contributed by atoms with Crippen molar-refractivity contribution in [1.82, 2.24) is 10.2 Å². The van der Waals surface area contributed by atoms with E-state index in [0.717, 1.165) is 0 Å². The van der Waals surface area contributed by atoms with Gasteiger partial charge in [-0.25, -0.2) is 4.99 Å². The minimum atomic E-state index is -4.55. The Balaban J connectivity index is 1.51. The van der Waals surface area contributed by atoms with Crippen molar-refractivity contribution in [1.29, 1.82) is 0 Å². The number of hydrogen-bond acceptors (Lipinski definition) is 6. The van der Waals surface area contributed by atoms with Gasteiger partial charge in [-0.05, 0) is 37.7 Å². The molecule has 1 fully saturated rings. The summed E-state index contributed by atoms with van der Waals surface area (Å²) < 4.78 is 50.9. The van der Waals surface area contributed by atoms with E-state index in [2.05, 4.69) is 10.3 Å². The molecule has 1 aromatic carbocycles. The first-order chi connectivity index (χ1) is 17.5. The van der Waals surface area contributed by atoms with E-state index in [1.54, 1.807) is 25.3 Å². The number of carbonyl (C=O) groups excluding carboxylic acids is 2. The minimum Gasteiger partial charge on any atom is -0.480 e. The molecule has 3 N–H and O–H groups in total. The summed E-state index contributed by atoms with van der Waals surface area (Å²) in [5.74, 6) is -0.854. The van der Waals surface area contributed by atoms with Crippen LogP contribution in [0.25, 0.3) is 0 Å². The first kappa shape index (κ1) is 27.2. The molecular weight excluding hydrogens is 489 g/mol. The van der Waals surface area contributed by atoms with Crippen LogP contribution in [0.1, 0.15) is 64.0 Å². The van der Waals surface area contributed by atoms with Crippen LogP contribution < -0.4 is 15.8 Å². The number of rotatable bonds is 9. The van der Waals surface area contributed by atoms with Gasteiger partial charge in [0.15, 0.2) is 12.1 Å². The lowest BCUT2D eigenvalue weighted by Crippen LogP contribution is -2.56. The van der Waals surface area contributed by atoms with Gasteiger partial charge in [0.2, 0.25) is 11.8 Å². The van der Waals surface area contributed by atoms with Crippen molar-refractivity contribution in [2.75, 3.05) is 13.7 Å². The topological polar surface area (TPSA) is 106 Å². The van der Waals surface area contributed by atoms with E-state index in [0.29, 0.717) is 37.9 Å². The van der Waals surface area contributed by atoms with Gasteiger partial charge >= 0.3 is 6.18 Å². The van der Waals surface area contributed by atoms with Gasteiger partial charge < -0.3 is 20.5 Å². The Labute approximate surface area is 214 Å². The van der Waals surface area contributed by atoms with Gasteiger partial charge in [-0.1, -0.05) is 32.0 Å². The fourth-order valence-electron chi connectivity index (χ4n) is 5.59. The molecule has 2 amide bonds. The zero-order chi connectivity index (χ0) is 27.0. The lowest BCUT2D eigenvalue weighted by molar-refractivity contribution is -0.201. The number of ether oxygens (including phenoxy) is 2. The van der Waals surface area contributed by atoms with Gasteiger partial charge in [0, 0.05) is 37.7 Å². The van der Waals surface area contributed by atoms with E-state index in [-0.39, 0.29) is 41.9 Å². The van der Waals surface area contributed by atoms with Crippen molar-refractivity contribution in [3.05, 3.63) is 29.8 Å². The van der Waals surface area contributed by atoms with Gasteiger partial charge in [-0.15, -0.1) is 0 Å². The van der Waals surface area contributed by atoms with Gasteiger partial charge in [-0.2, -0.15) is 13.2 Å². The largest absolute Gasteiger partial charge is 0.480 e. The number of hydrogen-bond donors (Lipinski definition) is 2. The number of amides is 2. The summed E-state index contributed by atoms with van der Waals surface area (Å²) in [5, 5.41) is 2.82. The predicted octanol–water partition coefficient (Wildman–Crippen LogP) is 3.70. The monoisotopic (exact) mass is 524 g/mol. The van der Waals surface area contributed by atoms with E-state index in [1.165, 1.54) is 11.0 Å². The Morgan fingerprint density at radius 1 is 1.30 bits per heavy atom. The third-order valence-corrected chi connectivity index (χ3v) is 7.98. The average molecular weight is 525 g/mol. The highest BCUT2D eigenvalue weighted by Crippen LogP contribution is 2.47. The van der Waals surface area contributed by atoms with Crippen LogP contribution in [0, 0.1) is 11.8 Å². The predicted molar refractivity (Wildman–Crippen MR) is 131 cm³/mol. The van der Waals surface area contributed by atoms with E-state index < -0.39 is 36.2 Å². The molecule has 0 aromatic heterocycles. The van der Waals surface area contributed by atoms with Crippen LogP contribution in [0.5, 0.6) is 5.75 Å². The highest BCUT2D eigenvalue weighted by atomic mass is 19.4. The second-order valence-corrected chi connectivity index (χ2v) is 10.2. The van der Waals surface area contributed by atoms with Crippen LogP contribution in [0.2, 0.25) is 0 Å². The Morgan fingerprint density at radius 3 is 2.62 bits per heavy atom. The second kappa shape index (κ2) is 10.5. The minimum absolute atomic E-state index is 0.116. The number of nitrogens with two attached hydrogens (primary N) is 1. The number of halogens is 3. The van der Waals surface area contributed by atoms with Crippen molar-refractivity contribution >= 4 is 17.8 Å². The number of nitrogens with zero attached hydrogens (tertiary/aromatic N) is 2. The molecule has 0 radical (unpaired) electrons. The summed E-state index contributed by atoms with van der Waals surface area (Å²) in [4.78, 5) is 32.7. The van der Waals surface area contributed by atoms with Gasteiger partial charge in [0.1, 0.15) is 5.75 Å². The molecule has 0 spiro atoms. The van der Waals surface area contributed by atoms with Crippen LogP contribution in [0.4, 0.5) is 13.2 Å². The lowest BCUT2D eigenvalue weighted by atomic mass is 9.87. The molecule has 2 heterocycles. The summed E-state index contributed by atoms with van der Waals surface area (Å²) in [6, 6.07) is 5.22. The fourth-order valence-corrected chi connectivity index (χ4v) is 5.59. The first-order valence-electron chi connectivity index (χ1n) is 12.8. The van der Waals surface area contributed by atoms with Crippen LogP contribution in [0.3, 0.4) is 0 Å². The average Bonchev–Trinajstić information content (AvgIpc) is 3.65. The Morgan fingerprint density at radius 2 is 2.00 bits per heavy atom. The van der Waals surface area contributed by atoms with E-state index in [1.807, 2.05) is 13.8 Å². The zero-order valence-electron chi connectivity index (χ0n) is 21.4. The fraction of sp³-hybridized carbons (Fsp3) is 0.654. The summed E-state index contributed by atoms with van der Waals surface area (Å²) in [5.41, 5.74) is 6.31. The molecular formula is C26H35F3N4O4. The lowest BCUT2D eigenvalue weighted by Gasteiger charge is -2.40. The van der Waals surface area contributed by atoms with E-state index in [4.69, 9.17) is 15.2 Å². The number of nitrogens with one attached hydrogen (secondary N) is 1. The van der Waals surface area contributed by atoms with Crippen molar-refractivity contribution in [2.45, 2.75) is 82.3 Å².